The number of hydrogen-bond donors (Lipinski definition) is 4. The molecular formula is C28H38N4O3. The number of aromatic nitrogens is 1. The van der Waals surface area contributed by atoms with Crippen LogP contribution in [0.4, 0.5) is 5.82 Å². The van der Waals surface area contributed by atoms with Crippen molar-refractivity contribution < 1.29 is 14.6 Å². The van der Waals surface area contributed by atoms with Crippen LogP contribution in [0.3, 0.4) is 0 Å². The summed E-state index contributed by atoms with van der Waals surface area (Å²) >= 11 is 0. The van der Waals surface area contributed by atoms with Gasteiger partial charge in [-0.2, -0.15) is 0 Å². The fourth-order valence-electron chi connectivity index (χ4n) is 4.06. The minimum atomic E-state index is -0.933. The standard InChI is InChI=1S/C28H38N4O3/c1-21(9-6-7-13-25-15-14-24-12-8-18-30-27(24)32-25)29-19-16-26(28(33)34)31-22(2)35-20-17-23-10-4-3-5-11-23/h3-5,10-11,14-15,26,29,31H,1-2,6-9,12-13,16-20H2,(H,30,32)(H,33,34). The number of aliphatic carboxylic acids is 1. The lowest BCUT2D eigenvalue weighted by Gasteiger charge is -2.19. The van der Waals surface area contributed by atoms with E-state index in [0.717, 1.165) is 67.8 Å². The molecule has 2 heterocycles. The molecule has 1 aliphatic rings. The molecule has 7 nitrogen and oxygen atoms in total. The fraction of sp³-hybridized carbons (Fsp3) is 0.429. The summed E-state index contributed by atoms with van der Waals surface area (Å²) in [4.78, 5) is 16.4. The van der Waals surface area contributed by atoms with E-state index in [1.807, 2.05) is 30.3 Å². The van der Waals surface area contributed by atoms with Crippen molar-refractivity contribution in [3.05, 3.63) is 84.0 Å². The quantitative estimate of drug-likeness (QED) is 0.210. The van der Waals surface area contributed by atoms with Crippen molar-refractivity contribution in [2.75, 3.05) is 25.0 Å². The van der Waals surface area contributed by atoms with Gasteiger partial charge in [0.1, 0.15) is 11.9 Å². The molecule has 0 fully saturated rings. The lowest BCUT2D eigenvalue weighted by molar-refractivity contribution is -0.139. The second-order valence-corrected chi connectivity index (χ2v) is 8.91. The van der Waals surface area contributed by atoms with Gasteiger partial charge in [0.2, 0.25) is 0 Å². The molecule has 0 saturated heterocycles. The van der Waals surface area contributed by atoms with E-state index < -0.39 is 12.0 Å². The van der Waals surface area contributed by atoms with Gasteiger partial charge in [0.25, 0.3) is 0 Å². The Bertz CT molecular complexity index is 977. The van der Waals surface area contributed by atoms with Gasteiger partial charge >= 0.3 is 5.97 Å². The molecule has 4 N–H and O–H groups in total. The molecule has 1 aromatic carbocycles. The smallest absolute Gasteiger partial charge is 0.326 e. The maximum atomic E-state index is 11.6. The molecule has 1 unspecified atom stereocenters. The van der Waals surface area contributed by atoms with Crippen molar-refractivity contribution in [3.63, 3.8) is 0 Å². The van der Waals surface area contributed by atoms with Gasteiger partial charge < -0.3 is 25.8 Å². The Balaban J connectivity index is 1.27. The number of anilines is 1. The molecule has 0 aliphatic carbocycles. The lowest BCUT2D eigenvalue weighted by atomic mass is 10.1. The molecule has 188 valence electrons. The SMILES string of the molecule is C=C(CCCCc1ccc2c(n1)NCCC2)NCCC(NC(=C)OCCc1ccccc1)C(=O)O. The van der Waals surface area contributed by atoms with Crippen LogP contribution in [-0.2, 0) is 28.8 Å². The number of unbranched alkanes of at least 4 members (excludes halogenated alkanes) is 1. The summed E-state index contributed by atoms with van der Waals surface area (Å²) in [5.74, 6) is 0.390. The third-order valence-corrected chi connectivity index (χ3v) is 6.06. The molecule has 3 rings (SSSR count). The summed E-state index contributed by atoms with van der Waals surface area (Å²) in [7, 11) is 0. The highest BCUT2D eigenvalue weighted by molar-refractivity contribution is 5.73. The molecule has 0 radical (unpaired) electrons. The van der Waals surface area contributed by atoms with E-state index in [1.54, 1.807) is 0 Å². The van der Waals surface area contributed by atoms with Crippen LogP contribution in [0.15, 0.2) is 67.2 Å². The first-order valence-electron chi connectivity index (χ1n) is 12.5. The van der Waals surface area contributed by atoms with Crippen molar-refractivity contribution in [3.8, 4) is 0 Å². The first kappa shape index (κ1) is 26.1. The number of nitrogens with one attached hydrogen (secondary N) is 3. The predicted octanol–water partition coefficient (Wildman–Crippen LogP) is 4.42. The molecule has 1 atom stereocenters. The second-order valence-electron chi connectivity index (χ2n) is 8.91. The second kappa shape index (κ2) is 14.0. The van der Waals surface area contributed by atoms with Crippen LogP contribution < -0.4 is 16.0 Å². The molecular weight excluding hydrogens is 440 g/mol. The summed E-state index contributed by atoms with van der Waals surface area (Å²) < 4.78 is 5.57. The molecule has 0 saturated carbocycles. The molecule has 1 aliphatic heterocycles. The zero-order chi connectivity index (χ0) is 24.9. The number of ether oxygens (including phenoxy) is 1. The van der Waals surface area contributed by atoms with Crippen LogP contribution in [0.25, 0.3) is 0 Å². The molecule has 0 amide bonds. The molecule has 0 bridgehead atoms. The molecule has 1 aromatic heterocycles. The predicted molar refractivity (Wildman–Crippen MR) is 140 cm³/mol. The summed E-state index contributed by atoms with van der Waals surface area (Å²) in [5.41, 5.74) is 4.52. The van der Waals surface area contributed by atoms with Crippen LogP contribution in [0, 0.1) is 0 Å². The third-order valence-electron chi connectivity index (χ3n) is 6.06. The van der Waals surface area contributed by atoms with Gasteiger partial charge in [0.05, 0.1) is 6.61 Å². The maximum absolute atomic E-state index is 11.6. The maximum Gasteiger partial charge on any atom is 0.326 e. The summed E-state index contributed by atoms with van der Waals surface area (Å²) in [6.45, 7) is 9.84. The van der Waals surface area contributed by atoms with Crippen molar-refractivity contribution in [1.29, 1.82) is 0 Å². The largest absolute Gasteiger partial charge is 0.480 e. The van der Waals surface area contributed by atoms with Gasteiger partial charge in [-0.05, 0) is 68.7 Å². The number of carboxylic acids is 1. The van der Waals surface area contributed by atoms with Gasteiger partial charge in [-0.3, -0.25) is 0 Å². The van der Waals surface area contributed by atoms with E-state index in [-0.39, 0.29) is 5.88 Å². The van der Waals surface area contributed by atoms with Crippen molar-refractivity contribution >= 4 is 11.8 Å². The van der Waals surface area contributed by atoms with E-state index in [4.69, 9.17) is 9.72 Å². The van der Waals surface area contributed by atoms with E-state index in [1.165, 1.54) is 12.0 Å². The molecule has 0 spiro atoms. The normalized spacial score (nSPS) is 13.1. The van der Waals surface area contributed by atoms with E-state index in [0.29, 0.717) is 19.6 Å². The Kier molecular flexibility index (Phi) is 10.5. The Morgan fingerprint density at radius 1 is 1.14 bits per heavy atom. The number of aryl methyl sites for hydroxylation is 2. The fourth-order valence-corrected chi connectivity index (χ4v) is 4.06. The number of carbonyl (C=O) groups is 1. The monoisotopic (exact) mass is 478 g/mol. The number of fused-ring (bicyclic) bond motifs is 1. The van der Waals surface area contributed by atoms with Crippen LogP contribution in [-0.4, -0.2) is 41.8 Å². The zero-order valence-corrected chi connectivity index (χ0v) is 20.5. The Labute approximate surface area is 208 Å². The van der Waals surface area contributed by atoms with Crippen LogP contribution in [0.2, 0.25) is 0 Å². The number of carboxylic acid groups (broad SMARTS) is 1. The number of pyridine rings is 1. The number of nitrogens with zero attached hydrogens (tertiary/aromatic N) is 1. The summed E-state index contributed by atoms with van der Waals surface area (Å²) in [6.07, 6.45) is 7.24. The highest BCUT2D eigenvalue weighted by Crippen LogP contribution is 2.20. The Morgan fingerprint density at radius 2 is 1.97 bits per heavy atom. The van der Waals surface area contributed by atoms with Crippen molar-refractivity contribution in [1.82, 2.24) is 15.6 Å². The minimum absolute atomic E-state index is 0.276. The highest BCUT2D eigenvalue weighted by atomic mass is 16.5. The lowest BCUT2D eigenvalue weighted by Crippen LogP contribution is -2.38. The van der Waals surface area contributed by atoms with Crippen LogP contribution in [0.1, 0.15) is 48.9 Å². The zero-order valence-electron chi connectivity index (χ0n) is 20.5. The van der Waals surface area contributed by atoms with E-state index in [9.17, 15) is 9.90 Å². The number of hydrogen-bond acceptors (Lipinski definition) is 6. The first-order chi connectivity index (χ1) is 17.0. The average Bonchev–Trinajstić information content (AvgIpc) is 2.86. The van der Waals surface area contributed by atoms with Gasteiger partial charge in [-0.25, -0.2) is 9.78 Å². The topological polar surface area (TPSA) is 95.5 Å². The number of rotatable bonds is 16. The minimum Gasteiger partial charge on any atom is -0.480 e. The molecule has 35 heavy (non-hydrogen) atoms. The van der Waals surface area contributed by atoms with Gasteiger partial charge in [0, 0.05) is 30.9 Å². The van der Waals surface area contributed by atoms with Gasteiger partial charge in [0.15, 0.2) is 5.88 Å². The Morgan fingerprint density at radius 3 is 2.77 bits per heavy atom. The van der Waals surface area contributed by atoms with Gasteiger partial charge in [-0.15, -0.1) is 0 Å². The summed E-state index contributed by atoms with van der Waals surface area (Å²) in [5, 5.41) is 19.0. The van der Waals surface area contributed by atoms with E-state index in [2.05, 4.69) is 41.2 Å². The highest BCUT2D eigenvalue weighted by Gasteiger charge is 2.18. The third kappa shape index (κ3) is 9.35. The van der Waals surface area contributed by atoms with Crippen molar-refractivity contribution in [2.45, 2.75) is 57.4 Å². The van der Waals surface area contributed by atoms with Gasteiger partial charge in [-0.1, -0.05) is 43.0 Å². The molecule has 7 heteroatoms. The van der Waals surface area contributed by atoms with Crippen LogP contribution >= 0.6 is 0 Å². The number of benzene rings is 1. The molecule has 2 aromatic rings. The first-order valence-corrected chi connectivity index (χ1v) is 12.5. The van der Waals surface area contributed by atoms with Crippen molar-refractivity contribution in [2.24, 2.45) is 0 Å². The van der Waals surface area contributed by atoms with E-state index >= 15 is 0 Å². The number of allylic oxidation sites excluding steroid dienone is 1. The van der Waals surface area contributed by atoms with Crippen LogP contribution in [0.5, 0.6) is 0 Å². The Hall–Kier alpha value is -3.48. The average molecular weight is 479 g/mol. The summed E-state index contributed by atoms with van der Waals surface area (Å²) in [6, 6.07) is 13.5.